The molecule has 0 aliphatic heterocycles. The molecule has 30 heavy (non-hydrogen) atoms. The van der Waals surface area contributed by atoms with Crippen LogP contribution in [0.15, 0.2) is 40.4 Å². The Balaban J connectivity index is 2.22. The van der Waals surface area contributed by atoms with E-state index in [0.29, 0.717) is 10.0 Å². The molecular formula is C20H14BrCl3N2O4. The van der Waals surface area contributed by atoms with Crippen molar-refractivity contribution in [3.8, 4) is 11.8 Å². The third-order valence-corrected chi connectivity index (χ3v) is 5.22. The van der Waals surface area contributed by atoms with Crippen LogP contribution in [0.25, 0.3) is 6.08 Å². The van der Waals surface area contributed by atoms with Crippen molar-refractivity contribution in [1.29, 1.82) is 5.26 Å². The third-order valence-electron chi connectivity index (χ3n) is 3.54. The second kappa shape index (κ2) is 11.2. The summed E-state index contributed by atoms with van der Waals surface area (Å²) in [4.78, 5) is 23.9. The van der Waals surface area contributed by atoms with Crippen LogP contribution in [0, 0.1) is 11.3 Å². The SMILES string of the molecule is CCOC(=O)COc1c(Cl)cc(/C=C(/C#N)C(=O)Nc2cccc(Cl)c2Cl)cc1Br. The minimum atomic E-state index is -0.670. The van der Waals surface area contributed by atoms with Crippen LogP contribution in [0.5, 0.6) is 5.75 Å². The Morgan fingerprint density at radius 1 is 1.23 bits per heavy atom. The van der Waals surface area contributed by atoms with Crippen molar-refractivity contribution < 1.29 is 19.1 Å². The fourth-order valence-corrected chi connectivity index (χ4v) is 3.58. The van der Waals surface area contributed by atoms with E-state index in [1.165, 1.54) is 12.1 Å². The van der Waals surface area contributed by atoms with Gasteiger partial charge in [0.25, 0.3) is 5.91 Å². The van der Waals surface area contributed by atoms with Crippen molar-refractivity contribution in [2.75, 3.05) is 18.5 Å². The number of hydrogen-bond donors (Lipinski definition) is 1. The molecule has 0 aliphatic rings. The van der Waals surface area contributed by atoms with Crippen LogP contribution in [0.2, 0.25) is 15.1 Å². The molecule has 0 aliphatic carbocycles. The molecule has 0 spiro atoms. The monoisotopic (exact) mass is 530 g/mol. The molecule has 6 nitrogen and oxygen atoms in total. The molecule has 2 aromatic carbocycles. The highest BCUT2D eigenvalue weighted by atomic mass is 79.9. The Morgan fingerprint density at radius 2 is 1.97 bits per heavy atom. The fourth-order valence-electron chi connectivity index (χ4n) is 2.24. The van der Waals surface area contributed by atoms with E-state index in [4.69, 9.17) is 44.3 Å². The zero-order valence-corrected chi connectivity index (χ0v) is 19.3. The first-order chi connectivity index (χ1) is 14.3. The maximum absolute atomic E-state index is 12.5. The number of ether oxygens (including phenoxy) is 2. The van der Waals surface area contributed by atoms with Gasteiger partial charge < -0.3 is 14.8 Å². The zero-order chi connectivity index (χ0) is 22.3. The van der Waals surface area contributed by atoms with Crippen LogP contribution in [-0.2, 0) is 14.3 Å². The number of anilines is 1. The van der Waals surface area contributed by atoms with Gasteiger partial charge in [-0.15, -0.1) is 0 Å². The van der Waals surface area contributed by atoms with E-state index < -0.39 is 11.9 Å². The predicted molar refractivity (Wildman–Crippen MR) is 120 cm³/mol. The Bertz CT molecular complexity index is 1030. The van der Waals surface area contributed by atoms with Crippen LogP contribution in [0.3, 0.4) is 0 Å². The van der Waals surface area contributed by atoms with Crippen LogP contribution in [-0.4, -0.2) is 25.1 Å². The molecule has 0 saturated carbocycles. The first kappa shape index (κ1) is 24.0. The molecule has 0 unspecified atom stereocenters. The summed E-state index contributed by atoms with van der Waals surface area (Å²) in [5.41, 5.74) is 0.547. The first-order valence-corrected chi connectivity index (χ1v) is 10.3. The van der Waals surface area contributed by atoms with Gasteiger partial charge in [-0.05, 0) is 58.8 Å². The van der Waals surface area contributed by atoms with Crippen LogP contribution in [0.1, 0.15) is 12.5 Å². The lowest BCUT2D eigenvalue weighted by Gasteiger charge is -2.11. The van der Waals surface area contributed by atoms with Gasteiger partial charge in [0.15, 0.2) is 12.4 Å². The summed E-state index contributed by atoms with van der Waals surface area (Å²) in [5.74, 6) is -0.973. The molecule has 0 saturated heterocycles. The van der Waals surface area contributed by atoms with E-state index in [1.54, 1.807) is 31.2 Å². The second-order valence-electron chi connectivity index (χ2n) is 5.63. The van der Waals surface area contributed by atoms with Gasteiger partial charge in [0, 0.05) is 0 Å². The Labute approximate surface area is 196 Å². The van der Waals surface area contributed by atoms with Gasteiger partial charge in [-0.2, -0.15) is 5.26 Å². The van der Waals surface area contributed by atoms with Crippen molar-refractivity contribution in [1.82, 2.24) is 0 Å². The number of rotatable bonds is 7. The Kier molecular flexibility index (Phi) is 9.00. The smallest absolute Gasteiger partial charge is 0.344 e. The first-order valence-electron chi connectivity index (χ1n) is 8.41. The highest BCUT2D eigenvalue weighted by Crippen LogP contribution is 2.35. The molecule has 1 N–H and O–H groups in total. The number of carbonyl (C=O) groups excluding carboxylic acids is 2. The lowest BCUT2D eigenvalue weighted by atomic mass is 10.1. The van der Waals surface area contributed by atoms with Gasteiger partial charge in [-0.1, -0.05) is 40.9 Å². The van der Waals surface area contributed by atoms with Gasteiger partial charge in [0.2, 0.25) is 0 Å². The van der Waals surface area contributed by atoms with Crippen LogP contribution >= 0.6 is 50.7 Å². The summed E-state index contributed by atoms with van der Waals surface area (Å²) in [6.45, 7) is 1.61. The normalized spacial score (nSPS) is 10.9. The van der Waals surface area contributed by atoms with Gasteiger partial charge in [0.1, 0.15) is 11.6 Å². The molecular weight excluding hydrogens is 518 g/mol. The average molecular weight is 533 g/mol. The number of nitrogens with zero attached hydrogens (tertiary/aromatic N) is 1. The predicted octanol–water partition coefficient (Wildman–Crippen LogP) is 5.90. The van der Waals surface area contributed by atoms with E-state index in [0.717, 1.165) is 0 Å². The van der Waals surface area contributed by atoms with Crippen molar-refractivity contribution in [3.63, 3.8) is 0 Å². The van der Waals surface area contributed by atoms with Crippen molar-refractivity contribution in [2.24, 2.45) is 0 Å². The van der Waals surface area contributed by atoms with Crippen LogP contribution in [0.4, 0.5) is 5.69 Å². The van der Waals surface area contributed by atoms with Crippen molar-refractivity contribution in [2.45, 2.75) is 6.92 Å². The zero-order valence-electron chi connectivity index (χ0n) is 15.5. The highest BCUT2D eigenvalue weighted by molar-refractivity contribution is 9.10. The summed E-state index contributed by atoms with van der Waals surface area (Å²) in [5, 5.41) is 12.5. The third kappa shape index (κ3) is 6.38. The van der Waals surface area contributed by atoms with Gasteiger partial charge in [-0.3, -0.25) is 4.79 Å². The van der Waals surface area contributed by atoms with E-state index >= 15 is 0 Å². The molecule has 0 radical (unpaired) electrons. The molecule has 2 rings (SSSR count). The van der Waals surface area contributed by atoms with Gasteiger partial charge in [0.05, 0.1) is 31.8 Å². The van der Waals surface area contributed by atoms with Gasteiger partial charge >= 0.3 is 5.97 Å². The number of nitrogens with one attached hydrogen (secondary N) is 1. The molecule has 2 aromatic rings. The highest BCUT2D eigenvalue weighted by Gasteiger charge is 2.15. The lowest BCUT2D eigenvalue weighted by molar-refractivity contribution is -0.145. The summed E-state index contributed by atoms with van der Waals surface area (Å²) in [7, 11) is 0. The Morgan fingerprint density at radius 3 is 2.60 bits per heavy atom. The standard InChI is InChI=1S/C20H14BrCl3N2O4/c1-2-29-17(27)10-30-19-13(21)7-11(8-15(19)23)6-12(9-25)20(28)26-16-5-3-4-14(22)18(16)24/h3-8H,2,10H2,1H3,(H,26,28)/b12-6-. The summed E-state index contributed by atoms with van der Waals surface area (Å²) < 4.78 is 10.6. The van der Waals surface area contributed by atoms with Crippen LogP contribution < -0.4 is 10.1 Å². The van der Waals surface area contributed by atoms with Crippen molar-refractivity contribution >= 4 is 74.4 Å². The minimum absolute atomic E-state index is 0.165. The number of halogens is 4. The maximum Gasteiger partial charge on any atom is 0.344 e. The molecule has 0 heterocycles. The molecule has 0 bridgehead atoms. The Hall–Kier alpha value is -2.24. The molecule has 0 atom stereocenters. The minimum Gasteiger partial charge on any atom is -0.479 e. The average Bonchev–Trinajstić information content (AvgIpc) is 2.69. The number of nitriles is 1. The van der Waals surface area contributed by atoms with E-state index in [2.05, 4.69) is 21.2 Å². The lowest BCUT2D eigenvalue weighted by Crippen LogP contribution is -2.15. The molecule has 0 aromatic heterocycles. The summed E-state index contributed by atoms with van der Waals surface area (Å²) in [6, 6.07) is 9.66. The van der Waals surface area contributed by atoms with E-state index in [9.17, 15) is 14.9 Å². The van der Waals surface area contributed by atoms with Crippen molar-refractivity contribution in [3.05, 3.63) is 61.0 Å². The molecule has 156 valence electrons. The summed E-state index contributed by atoms with van der Waals surface area (Å²) in [6.07, 6.45) is 1.35. The molecule has 0 fully saturated rings. The number of amides is 1. The van der Waals surface area contributed by atoms with E-state index in [1.807, 2.05) is 6.07 Å². The quantitative estimate of drug-likeness (QED) is 0.273. The topological polar surface area (TPSA) is 88.4 Å². The number of esters is 1. The second-order valence-corrected chi connectivity index (χ2v) is 7.68. The number of benzene rings is 2. The van der Waals surface area contributed by atoms with Gasteiger partial charge in [-0.25, -0.2) is 4.79 Å². The largest absolute Gasteiger partial charge is 0.479 e. The molecule has 10 heteroatoms. The fraction of sp³-hybridized carbons (Fsp3) is 0.150. The maximum atomic E-state index is 12.5. The number of carbonyl (C=O) groups is 2. The number of hydrogen-bond acceptors (Lipinski definition) is 5. The summed E-state index contributed by atoms with van der Waals surface area (Å²) >= 11 is 21.5. The molecule has 1 amide bonds. The van der Waals surface area contributed by atoms with E-state index in [-0.39, 0.29) is 45.3 Å².